The predicted octanol–water partition coefficient (Wildman–Crippen LogP) is 2.88. The summed E-state index contributed by atoms with van der Waals surface area (Å²) in [6, 6.07) is 3.64. The third kappa shape index (κ3) is 3.33. The van der Waals surface area contributed by atoms with Crippen molar-refractivity contribution in [2.45, 2.75) is 25.7 Å². The van der Waals surface area contributed by atoms with Crippen molar-refractivity contribution in [2.24, 2.45) is 5.92 Å². The first-order valence-electron chi connectivity index (χ1n) is 8.80. The molecule has 1 saturated carbocycles. The summed E-state index contributed by atoms with van der Waals surface area (Å²) in [6.45, 7) is 2.39. The molecule has 2 amide bonds. The van der Waals surface area contributed by atoms with Crippen LogP contribution in [0.5, 0.6) is 0 Å². The van der Waals surface area contributed by atoms with Crippen molar-refractivity contribution in [2.75, 3.05) is 26.2 Å². The summed E-state index contributed by atoms with van der Waals surface area (Å²) in [4.78, 5) is 33.2. The van der Waals surface area contributed by atoms with Crippen LogP contribution in [0.15, 0.2) is 28.2 Å². The van der Waals surface area contributed by atoms with Gasteiger partial charge < -0.3 is 14.2 Å². The molecule has 0 unspecified atom stereocenters. The summed E-state index contributed by atoms with van der Waals surface area (Å²) in [5, 5.41) is 2.49. The molecule has 132 valence electrons. The van der Waals surface area contributed by atoms with Gasteiger partial charge in [0, 0.05) is 37.5 Å². The Balaban J connectivity index is 1.36. The summed E-state index contributed by atoms with van der Waals surface area (Å²) in [7, 11) is 0. The van der Waals surface area contributed by atoms with Gasteiger partial charge in [-0.2, -0.15) is 0 Å². The molecule has 2 aromatic heterocycles. The van der Waals surface area contributed by atoms with Crippen LogP contribution in [0.3, 0.4) is 0 Å². The maximum atomic E-state index is 12.7. The van der Waals surface area contributed by atoms with E-state index in [1.54, 1.807) is 22.6 Å². The van der Waals surface area contributed by atoms with Crippen LogP contribution in [0.2, 0.25) is 0 Å². The number of carbonyl (C=O) groups excluding carboxylic acids is 2. The average molecular weight is 359 g/mol. The first-order chi connectivity index (χ1) is 12.2. The number of hydrogen-bond acceptors (Lipinski definition) is 5. The first kappa shape index (κ1) is 16.3. The molecule has 4 rings (SSSR count). The number of piperazine rings is 1. The Morgan fingerprint density at radius 2 is 1.84 bits per heavy atom. The Hall–Kier alpha value is -2.15. The van der Waals surface area contributed by atoms with Crippen LogP contribution in [0.1, 0.15) is 36.2 Å². The van der Waals surface area contributed by atoms with E-state index in [-0.39, 0.29) is 17.7 Å². The third-order valence-corrected chi connectivity index (χ3v) is 5.90. The largest absolute Gasteiger partial charge is 0.462 e. The van der Waals surface area contributed by atoms with Crippen LogP contribution in [-0.4, -0.2) is 52.8 Å². The molecule has 6 nitrogen and oxygen atoms in total. The molecular formula is C18H21N3O3S. The van der Waals surface area contributed by atoms with E-state index >= 15 is 0 Å². The second-order valence-corrected chi connectivity index (χ2v) is 7.47. The van der Waals surface area contributed by atoms with Crippen LogP contribution in [-0.2, 0) is 4.79 Å². The molecule has 25 heavy (non-hydrogen) atoms. The monoisotopic (exact) mass is 359 g/mol. The molecule has 0 atom stereocenters. The minimum Gasteiger partial charge on any atom is -0.462 e. The molecule has 0 N–H and O–H groups in total. The van der Waals surface area contributed by atoms with Crippen LogP contribution in [0.4, 0.5) is 0 Å². The van der Waals surface area contributed by atoms with E-state index in [2.05, 4.69) is 4.98 Å². The van der Waals surface area contributed by atoms with Gasteiger partial charge in [-0.05, 0) is 25.0 Å². The first-order valence-corrected chi connectivity index (χ1v) is 9.68. The molecule has 2 aromatic rings. The number of amides is 2. The zero-order valence-electron chi connectivity index (χ0n) is 14.0. The number of rotatable bonds is 3. The lowest BCUT2D eigenvalue weighted by Crippen LogP contribution is -2.51. The Labute approximate surface area is 150 Å². The molecule has 2 fully saturated rings. The lowest BCUT2D eigenvalue weighted by atomic mass is 10.1. The van der Waals surface area contributed by atoms with E-state index in [0.717, 1.165) is 25.7 Å². The summed E-state index contributed by atoms with van der Waals surface area (Å²) in [6.07, 6.45) is 5.96. The second-order valence-electron chi connectivity index (χ2n) is 6.61. The van der Waals surface area contributed by atoms with Gasteiger partial charge in [0.1, 0.15) is 5.69 Å². The minimum absolute atomic E-state index is 0.0676. The average Bonchev–Trinajstić information content (AvgIpc) is 3.42. The number of thiazole rings is 1. The van der Waals surface area contributed by atoms with Crippen molar-refractivity contribution >= 4 is 23.2 Å². The number of carbonyl (C=O) groups is 2. The van der Waals surface area contributed by atoms with E-state index in [0.29, 0.717) is 42.6 Å². The summed E-state index contributed by atoms with van der Waals surface area (Å²) in [5.41, 5.74) is 0.451. The highest BCUT2D eigenvalue weighted by Gasteiger charge is 2.31. The number of aromatic nitrogens is 1. The van der Waals surface area contributed by atoms with Gasteiger partial charge in [-0.15, -0.1) is 11.3 Å². The summed E-state index contributed by atoms with van der Waals surface area (Å²) >= 11 is 1.40. The van der Waals surface area contributed by atoms with Crippen LogP contribution in [0, 0.1) is 5.92 Å². The maximum Gasteiger partial charge on any atom is 0.273 e. The molecule has 1 aliphatic carbocycles. The van der Waals surface area contributed by atoms with Crippen molar-refractivity contribution in [3.8, 4) is 10.8 Å². The third-order valence-electron chi connectivity index (χ3n) is 5.04. The fourth-order valence-corrected chi connectivity index (χ4v) is 4.37. The Bertz CT molecular complexity index is 741. The van der Waals surface area contributed by atoms with E-state index in [4.69, 9.17) is 4.42 Å². The quantitative estimate of drug-likeness (QED) is 0.845. The molecule has 1 saturated heterocycles. The zero-order valence-corrected chi connectivity index (χ0v) is 14.8. The predicted molar refractivity (Wildman–Crippen MR) is 94.3 cm³/mol. The van der Waals surface area contributed by atoms with Gasteiger partial charge in [-0.3, -0.25) is 9.59 Å². The van der Waals surface area contributed by atoms with Gasteiger partial charge in [0.05, 0.1) is 6.26 Å². The molecule has 3 heterocycles. The van der Waals surface area contributed by atoms with E-state index < -0.39 is 0 Å². The molecule has 0 spiro atoms. The fraction of sp³-hybridized carbons (Fsp3) is 0.500. The maximum absolute atomic E-state index is 12.7. The number of furan rings is 1. The van der Waals surface area contributed by atoms with Crippen LogP contribution < -0.4 is 0 Å². The molecule has 0 bridgehead atoms. The molecule has 0 radical (unpaired) electrons. The summed E-state index contributed by atoms with van der Waals surface area (Å²) < 4.78 is 5.33. The standard InChI is InChI=1S/C18H21N3O3S/c22-17(13-4-1-2-5-13)20-7-9-21(10-8-20)18(23)14-12-25-16(19-14)15-6-3-11-24-15/h3,6,11-13H,1-2,4-5,7-10H2. The van der Waals surface area contributed by atoms with Gasteiger partial charge >= 0.3 is 0 Å². The second kappa shape index (κ2) is 7.00. The molecule has 1 aliphatic heterocycles. The van der Waals surface area contributed by atoms with E-state index in [1.807, 2.05) is 11.0 Å². The van der Waals surface area contributed by atoms with Crippen molar-refractivity contribution in [3.05, 3.63) is 29.5 Å². The van der Waals surface area contributed by atoms with Gasteiger partial charge in [0.2, 0.25) is 5.91 Å². The van der Waals surface area contributed by atoms with Gasteiger partial charge in [-0.25, -0.2) is 4.98 Å². The van der Waals surface area contributed by atoms with Crippen molar-refractivity contribution < 1.29 is 14.0 Å². The topological polar surface area (TPSA) is 66.7 Å². The smallest absolute Gasteiger partial charge is 0.273 e. The van der Waals surface area contributed by atoms with E-state index in [9.17, 15) is 9.59 Å². The van der Waals surface area contributed by atoms with Gasteiger partial charge in [-0.1, -0.05) is 12.8 Å². The Morgan fingerprint density at radius 1 is 1.12 bits per heavy atom. The zero-order chi connectivity index (χ0) is 17.2. The highest BCUT2D eigenvalue weighted by atomic mass is 32.1. The Morgan fingerprint density at radius 3 is 2.52 bits per heavy atom. The fourth-order valence-electron chi connectivity index (χ4n) is 3.61. The van der Waals surface area contributed by atoms with Crippen LogP contribution >= 0.6 is 11.3 Å². The summed E-state index contributed by atoms with van der Waals surface area (Å²) in [5.74, 6) is 1.09. The normalized spacial score (nSPS) is 18.7. The number of hydrogen-bond donors (Lipinski definition) is 0. The highest BCUT2D eigenvalue weighted by molar-refractivity contribution is 7.13. The molecule has 2 aliphatic rings. The van der Waals surface area contributed by atoms with Crippen molar-refractivity contribution in [3.63, 3.8) is 0 Å². The van der Waals surface area contributed by atoms with Crippen LogP contribution in [0.25, 0.3) is 10.8 Å². The van der Waals surface area contributed by atoms with E-state index in [1.165, 1.54) is 11.3 Å². The Kier molecular flexibility index (Phi) is 4.57. The van der Waals surface area contributed by atoms with Gasteiger partial charge in [0.15, 0.2) is 10.8 Å². The van der Waals surface area contributed by atoms with Crippen molar-refractivity contribution in [1.82, 2.24) is 14.8 Å². The highest BCUT2D eigenvalue weighted by Crippen LogP contribution is 2.27. The van der Waals surface area contributed by atoms with Gasteiger partial charge in [0.25, 0.3) is 5.91 Å². The van der Waals surface area contributed by atoms with Crippen molar-refractivity contribution in [1.29, 1.82) is 0 Å². The molecule has 7 heteroatoms. The SMILES string of the molecule is O=C(c1csc(-c2ccco2)n1)N1CCN(C(=O)C2CCCC2)CC1. The molecule has 0 aromatic carbocycles. The lowest BCUT2D eigenvalue weighted by molar-refractivity contribution is -0.136. The number of nitrogens with zero attached hydrogens (tertiary/aromatic N) is 3. The molecular weight excluding hydrogens is 338 g/mol. The minimum atomic E-state index is -0.0676. The lowest BCUT2D eigenvalue weighted by Gasteiger charge is -2.35.